The van der Waals surface area contributed by atoms with Gasteiger partial charge in [-0.2, -0.15) is 0 Å². The highest BCUT2D eigenvalue weighted by Crippen LogP contribution is 2.30. The number of nitrogens with one attached hydrogen (secondary N) is 1. The number of hydrogen-bond acceptors (Lipinski definition) is 3. The second kappa shape index (κ2) is 7.39. The minimum absolute atomic E-state index is 0.0395. The molecular formula is C23H25N3O. The van der Waals surface area contributed by atoms with Gasteiger partial charge in [0.1, 0.15) is 0 Å². The minimum atomic E-state index is -0.0395. The van der Waals surface area contributed by atoms with Gasteiger partial charge in [0.2, 0.25) is 0 Å². The number of pyridine rings is 1. The molecule has 2 aromatic carbocycles. The summed E-state index contributed by atoms with van der Waals surface area (Å²) < 4.78 is 0. The Hall–Kier alpha value is -2.88. The van der Waals surface area contributed by atoms with Gasteiger partial charge in [-0.05, 0) is 69.0 Å². The Labute approximate surface area is 160 Å². The first-order valence-electron chi connectivity index (χ1n) is 9.78. The molecule has 1 N–H and O–H groups in total. The molecule has 3 aromatic rings. The molecule has 0 atom stereocenters. The van der Waals surface area contributed by atoms with Gasteiger partial charge in [-0.15, -0.1) is 0 Å². The number of anilines is 2. The molecule has 1 aliphatic rings. The first kappa shape index (κ1) is 17.5. The van der Waals surface area contributed by atoms with Gasteiger partial charge < -0.3 is 10.2 Å². The molecule has 1 aliphatic carbocycles. The van der Waals surface area contributed by atoms with Gasteiger partial charge in [0.25, 0.3) is 5.91 Å². The molecule has 4 heteroatoms. The van der Waals surface area contributed by atoms with Crippen LogP contribution in [0.5, 0.6) is 0 Å². The molecule has 0 saturated carbocycles. The first-order valence-corrected chi connectivity index (χ1v) is 9.78. The summed E-state index contributed by atoms with van der Waals surface area (Å²) in [6.45, 7) is 6.23. The van der Waals surface area contributed by atoms with E-state index in [0.717, 1.165) is 65.8 Å². The minimum Gasteiger partial charge on any atom is -0.372 e. The van der Waals surface area contributed by atoms with E-state index < -0.39 is 0 Å². The van der Waals surface area contributed by atoms with Crippen molar-refractivity contribution in [2.24, 2.45) is 0 Å². The summed E-state index contributed by atoms with van der Waals surface area (Å²) >= 11 is 0. The van der Waals surface area contributed by atoms with Gasteiger partial charge in [0, 0.05) is 35.5 Å². The zero-order valence-electron chi connectivity index (χ0n) is 16.0. The summed E-state index contributed by atoms with van der Waals surface area (Å²) in [7, 11) is 0. The van der Waals surface area contributed by atoms with Crippen molar-refractivity contribution in [2.45, 2.75) is 33.1 Å². The zero-order chi connectivity index (χ0) is 18.8. The fourth-order valence-electron chi connectivity index (χ4n) is 4.01. The highest BCUT2D eigenvalue weighted by atomic mass is 16.1. The summed E-state index contributed by atoms with van der Waals surface area (Å²) in [6.07, 6.45) is 2.95. The van der Waals surface area contributed by atoms with Gasteiger partial charge in [-0.25, -0.2) is 0 Å². The second-order valence-electron chi connectivity index (χ2n) is 6.96. The first-order chi connectivity index (χ1) is 13.2. The van der Waals surface area contributed by atoms with Crippen molar-refractivity contribution < 1.29 is 4.79 Å². The number of para-hydroxylation sites is 1. The third-order valence-corrected chi connectivity index (χ3v) is 5.40. The maximum atomic E-state index is 13.2. The Kier molecular flexibility index (Phi) is 4.80. The van der Waals surface area contributed by atoms with E-state index in [1.165, 1.54) is 5.69 Å². The monoisotopic (exact) mass is 359 g/mol. The quantitative estimate of drug-likeness (QED) is 0.710. The fraction of sp³-hybridized carbons (Fsp3) is 0.304. The zero-order valence-corrected chi connectivity index (χ0v) is 16.0. The Morgan fingerprint density at radius 3 is 2.52 bits per heavy atom. The van der Waals surface area contributed by atoms with Crippen LogP contribution in [0.1, 0.15) is 41.9 Å². The van der Waals surface area contributed by atoms with E-state index >= 15 is 0 Å². The topological polar surface area (TPSA) is 45.2 Å². The van der Waals surface area contributed by atoms with Gasteiger partial charge in [0.05, 0.1) is 11.1 Å². The third-order valence-electron chi connectivity index (χ3n) is 5.40. The highest BCUT2D eigenvalue weighted by molar-refractivity contribution is 6.13. The lowest BCUT2D eigenvalue weighted by Gasteiger charge is -2.21. The van der Waals surface area contributed by atoms with Gasteiger partial charge >= 0.3 is 0 Å². The number of aromatic nitrogens is 1. The van der Waals surface area contributed by atoms with Crippen LogP contribution in [-0.4, -0.2) is 24.0 Å². The molecule has 27 heavy (non-hydrogen) atoms. The molecule has 0 bridgehead atoms. The number of aryl methyl sites for hydroxylation is 1. The number of amides is 1. The third kappa shape index (κ3) is 3.27. The lowest BCUT2D eigenvalue weighted by atomic mass is 10.0. The van der Waals surface area contributed by atoms with Crippen LogP contribution in [0.15, 0.2) is 48.5 Å². The van der Waals surface area contributed by atoms with Crippen LogP contribution in [0.4, 0.5) is 11.4 Å². The molecule has 1 amide bonds. The largest absolute Gasteiger partial charge is 0.372 e. The average Bonchev–Trinajstić information content (AvgIpc) is 3.16. The van der Waals surface area contributed by atoms with Crippen LogP contribution in [0.3, 0.4) is 0 Å². The molecule has 4 nitrogen and oxygen atoms in total. The van der Waals surface area contributed by atoms with Crippen LogP contribution >= 0.6 is 0 Å². The summed E-state index contributed by atoms with van der Waals surface area (Å²) in [5.41, 5.74) is 5.89. The Morgan fingerprint density at radius 1 is 1.04 bits per heavy atom. The van der Waals surface area contributed by atoms with Crippen LogP contribution in [0.25, 0.3) is 10.9 Å². The normalized spacial score (nSPS) is 12.8. The molecule has 4 rings (SSSR count). The van der Waals surface area contributed by atoms with E-state index in [1.54, 1.807) is 0 Å². The highest BCUT2D eigenvalue weighted by Gasteiger charge is 2.23. The van der Waals surface area contributed by atoms with E-state index in [9.17, 15) is 4.79 Å². The van der Waals surface area contributed by atoms with E-state index in [0.29, 0.717) is 0 Å². The lowest BCUT2D eigenvalue weighted by Crippen LogP contribution is -2.21. The van der Waals surface area contributed by atoms with Crippen molar-refractivity contribution in [1.29, 1.82) is 0 Å². The molecular weight excluding hydrogens is 334 g/mol. The maximum Gasteiger partial charge on any atom is 0.256 e. The summed E-state index contributed by atoms with van der Waals surface area (Å²) in [5.74, 6) is -0.0395. The number of rotatable bonds is 5. The van der Waals surface area contributed by atoms with Crippen molar-refractivity contribution in [1.82, 2.24) is 4.98 Å². The van der Waals surface area contributed by atoms with Crippen molar-refractivity contribution in [3.05, 3.63) is 65.4 Å². The van der Waals surface area contributed by atoms with Crippen LogP contribution < -0.4 is 10.2 Å². The lowest BCUT2D eigenvalue weighted by molar-refractivity contribution is 0.102. The molecule has 0 aliphatic heterocycles. The Morgan fingerprint density at radius 2 is 1.78 bits per heavy atom. The van der Waals surface area contributed by atoms with Crippen molar-refractivity contribution >= 4 is 28.2 Å². The average molecular weight is 359 g/mol. The SMILES string of the molecule is CCN(CC)c1ccc(NC(=O)c2c3c(nc4ccccc24)CCC3)cc1. The number of carbonyl (C=O) groups excluding carboxylic acids is 1. The molecule has 1 heterocycles. The smallest absolute Gasteiger partial charge is 0.256 e. The van der Waals surface area contributed by atoms with E-state index in [2.05, 4.69) is 36.2 Å². The van der Waals surface area contributed by atoms with Crippen LogP contribution in [0.2, 0.25) is 0 Å². The maximum absolute atomic E-state index is 13.2. The Balaban J connectivity index is 1.66. The van der Waals surface area contributed by atoms with E-state index in [4.69, 9.17) is 4.98 Å². The standard InChI is InChI=1S/C23H25N3O/c1-3-26(4-2)17-14-12-16(13-15-17)24-23(27)22-18-8-5-6-10-20(18)25-21-11-7-9-19(21)22/h5-6,8,10,12-15H,3-4,7,9,11H2,1-2H3,(H,24,27). The molecule has 0 fully saturated rings. The van der Waals surface area contributed by atoms with E-state index in [-0.39, 0.29) is 5.91 Å². The summed E-state index contributed by atoms with van der Waals surface area (Å²) in [4.78, 5) is 20.2. The number of nitrogens with zero attached hydrogens (tertiary/aromatic N) is 2. The number of carbonyl (C=O) groups is 1. The van der Waals surface area contributed by atoms with Gasteiger partial charge in [-0.3, -0.25) is 9.78 Å². The predicted octanol–water partition coefficient (Wildman–Crippen LogP) is 4.82. The van der Waals surface area contributed by atoms with E-state index in [1.807, 2.05) is 36.4 Å². The Bertz CT molecular complexity index is 975. The molecule has 1 aromatic heterocycles. The molecule has 0 spiro atoms. The van der Waals surface area contributed by atoms with Crippen LogP contribution in [0, 0.1) is 0 Å². The number of hydrogen-bond donors (Lipinski definition) is 1. The second-order valence-corrected chi connectivity index (χ2v) is 6.96. The number of benzene rings is 2. The summed E-state index contributed by atoms with van der Waals surface area (Å²) in [6, 6.07) is 16.0. The van der Waals surface area contributed by atoms with Crippen molar-refractivity contribution in [3.8, 4) is 0 Å². The molecule has 138 valence electrons. The van der Waals surface area contributed by atoms with Gasteiger partial charge in [0.15, 0.2) is 0 Å². The van der Waals surface area contributed by atoms with Crippen LogP contribution in [-0.2, 0) is 12.8 Å². The molecule has 0 saturated heterocycles. The number of fused-ring (bicyclic) bond motifs is 2. The van der Waals surface area contributed by atoms with Crippen molar-refractivity contribution in [2.75, 3.05) is 23.3 Å². The fourth-order valence-corrected chi connectivity index (χ4v) is 4.01. The molecule has 0 radical (unpaired) electrons. The predicted molar refractivity (Wildman–Crippen MR) is 112 cm³/mol. The van der Waals surface area contributed by atoms with Gasteiger partial charge in [-0.1, -0.05) is 18.2 Å². The summed E-state index contributed by atoms with van der Waals surface area (Å²) in [5, 5.41) is 4.04. The molecule has 0 unspecified atom stereocenters. The van der Waals surface area contributed by atoms with Crippen molar-refractivity contribution in [3.63, 3.8) is 0 Å².